The summed E-state index contributed by atoms with van der Waals surface area (Å²) in [6.45, 7) is 0. The average molecular weight is 140 g/mol. The molecule has 0 amide bonds. The number of benzene rings is 1. The van der Waals surface area contributed by atoms with E-state index in [1.165, 1.54) is 12.1 Å². The van der Waals surface area contributed by atoms with Crippen LogP contribution in [0.4, 0.5) is 11.4 Å². The molecule has 1 aromatic carbocycles. The molecule has 0 aliphatic carbocycles. The lowest BCUT2D eigenvalue weighted by atomic mass is 10.2. The Bertz CT molecular complexity index is 233. The first-order valence-corrected chi connectivity index (χ1v) is 2.69. The van der Waals surface area contributed by atoms with E-state index in [1.54, 1.807) is 0 Å². The third-order valence-corrected chi connectivity index (χ3v) is 1.23. The zero-order chi connectivity index (χ0) is 7.72. The quantitative estimate of drug-likeness (QED) is 0.236. The molecule has 0 heterocycles. The number of phenolic OH excluding ortho intramolecular Hbond substituents is 2. The van der Waals surface area contributed by atoms with Gasteiger partial charge in [-0.3, -0.25) is 0 Å². The molecule has 4 heteroatoms. The van der Waals surface area contributed by atoms with Gasteiger partial charge in [-0.05, 0) is 12.1 Å². The molecule has 4 nitrogen and oxygen atoms in total. The molecule has 0 spiro atoms. The first-order valence-electron chi connectivity index (χ1n) is 2.69. The molecule has 0 saturated heterocycles. The van der Waals surface area contributed by atoms with Gasteiger partial charge in [-0.2, -0.15) is 0 Å². The van der Waals surface area contributed by atoms with Crippen LogP contribution in [-0.4, -0.2) is 10.2 Å². The number of phenols is 2. The summed E-state index contributed by atoms with van der Waals surface area (Å²) < 4.78 is 0. The van der Waals surface area contributed by atoms with Crippen LogP contribution in [0.25, 0.3) is 0 Å². The highest BCUT2D eigenvalue weighted by Crippen LogP contribution is 2.34. The zero-order valence-corrected chi connectivity index (χ0v) is 5.20. The van der Waals surface area contributed by atoms with E-state index in [-0.39, 0.29) is 22.9 Å². The predicted molar refractivity (Wildman–Crippen MR) is 38.6 cm³/mol. The van der Waals surface area contributed by atoms with Crippen LogP contribution in [0.1, 0.15) is 0 Å². The summed E-state index contributed by atoms with van der Waals surface area (Å²) in [4.78, 5) is 0. The number of rotatable bonds is 0. The van der Waals surface area contributed by atoms with Crippen molar-refractivity contribution in [2.75, 3.05) is 11.5 Å². The highest BCUT2D eigenvalue weighted by Gasteiger charge is 2.04. The Balaban J connectivity index is 3.34. The highest BCUT2D eigenvalue weighted by atomic mass is 16.3. The van der Waals surface area contributed by atoms with E-state index in [1.807, 2.05) is 0 Å². The smallest absolute Gasteiger partial charge is 0.165 e. The molecule has 0 radical (unpaired) electrons. The van der Waals surface area contributed by atoms with Gasteiger partial charge in [0, 0.05) is 0 Å². The normalized spacial score (nSPS) is 9.60. The minimum absolute atomic E-state index is 0.0833. The van der Waals surface area contributed by atoms with Crippen LogP contribution < -0.4 is 11.5 Å². The Morgan fingerprint density at radius 2 is 1.70 bits per heavy atom. The second-order valence-corrected chi connectivity index (χ2v) is 1.94. The van der Waals surface area contributed by atoms with Crippen molar-refractivity contribution in [1.29, 1.82) is 0 Å². The van der Waals surface area contributed by atoms with E-state index in [0.717, 1.165) is 0 Å². The minimum atomic E-state index is -0.264. The topological polar surface area (TPSA) is 92.5 Å². The summed E-state index contributed by atoms with van der Waals surface area (Å²) >= 11 is 0. The van der Waals surface area contributed by atoms with Crippen LogP contribution >= 0.6 is 0 Å². The van der Waals surface area contributed by atoms with Gasteiger partial charge in [0.1, 0.15) is 11.4 Å². The molecule has 0 fully saturated rings. The molecule has 54 valence electrons. The molecule has 0 aliphatic heterocycles. The number of aromatic hydroxyl groups is 2. The zero-order valence-electron chi connectivity index (χ0n) is 5.20. The van der Waals surface area contributed by atoms with Gasteiger partial charge in [0.05, 0.1) is 5.69 Å². The summed E-state index contributed by atoms with van der Waals surface area (Å²) in [6.07, 6.45) is 0. The summed E-state index contributed by atoms with van der Waals surface area (Å²) in [5.41, 5.74) is 10.5. The van der Waals surface area contributed by atoms with Crippen molar-refractivity contribution in [3.63, 3.8) is 0 Å². The second kappa shape index (κ2) is 1.98. The molecule has 0 aromatic heterocycles. The molecule has 0 bridgehead atoms. The van der Waals surface area contributed by atoms with Gasteiger partial charge in [-0.15, -0.1) is 0 Å². The monoisotopic (exact) mass is 140 g/mol. The molecule has 0 saturated carbocycles. The summed E-state index contributed by atoms with van der Waals surface area (Å²) in [5.74, 6) is -0.424. The molecule has 0 unspecified atom stereocenters. The van der Waals surface area contributed by atoms with Gasteiger partial charge in [-0.1, -0.05) is 0 Å². The van der Waals surface area contributed by atoms with E-state index in [9.17, 15) is 0 Å². The largest absolute Gasteiger partial charge is 0.506 e. The lowest BCUT2D eigenvalue weighted by Crippen LogP contribution is -1.91. The van der Waals surface area contributed by atoms with Crippen molar-refractivity contribution in [1.82, 2.24) is 0 Å². The fraction of sp³-hybridized carbons (Fsp3) is 0. The van der Waals surface area contributed by atoms with Crippen LogP contribution in [0.15, 0.2) is 12.1 Å². The predicted octanol–water partition coefficient (Wildman–Crippen LogP) is 0.262. The van der Waals surface area contributed by atoms with Crippen molar-refractivity contribution in [3.05, 3.63) is 12.1 Å². The van der Waals surface area contributed by atoms with Crippen LogP contribution in [0, 0.1) is 0 Å². The van der Waals surface area contributed by atoms with E-state index in [2.05, 4.69) is 0 Å². The van der Waals surface area contributed by atoms with Crippen molar-refractivity contribution in [3.8, 4) is 11.5 Å². The Morgan fingerprint density at radius 1 is 1.10 bits per heavy atom. The highest BCUT2D eigenvalue weighted by molar-refractivity contribution is 5.72. The first kappa shape index (κ1) is 6.54. The fourth-order valence-corrected chi connectivity index (χ4v) is 0.614. The van der Waals surface area contributed by atoms with E-state index in [4.69, 9.17) is 21.7 Å². The summed E-state index contributed by atoms with van der Waals surface area (Å²) in [5, 5.41) is 17.9. The first-order chi connectivity index (χ1) is 4.63. The number of hydrogen-bond acceptors (Lipinski definition) is 4. The van der Waals surface area contributed by atoms with Crippen LogP contribution in [0.3, 0.4) is 0 Å². The van der Waals surface area contributed by atoms with Gasteiger partial charge in [0.25, 0.3) is 0 Å². The lowest BCUT2D eigenvalue weighted by Gasteiger charge is -2.02. The molecule has 6 N–H and O–H groups in total. The van der Waals surface area contributed by atoms with Crippen molar-refractivity contribution >= 4 is 11.4 Å². The Labute approximate surface area is 57.7 Å². The van der Waals surface area contributed by atoms with Gasteiger partial charge >= 0.3 is 0 Å². The van der Waals surface area contributed by atoms with Crippen LogP contribution in [-0.2, 0) is 0 Å². The maximum Gasteiger partial charge on any atom is 0.165 e. The van der Waals surface area contributed by atoms with Gasteiger partial charge in [-0.25, -0.2) is 0 Å². The van der Waals surface area contributed by atoms with Crippen LogP contribution in [0.5, 0.6) is 11.5 Å². The summed E-state index contributed by atoms with van der Waals surface area (Å²) in [7, 11) is 0. The van der Waals surface area contributed by atoms with Crippen molar-refractivity contribution in [2.24, 2.45) is 0 Å². The molecule has 0 atom stereocenters. The Kier molecular flexibility index (Phi) is 1.30. The van der Waals surface area contributed by atoms with E-state index >= 15 is 0 Å². The molecule has 1 aromatic rings. The molecule has 1 rings (SSSR count). The molecule has 10 heavy (non-hydrogen) atoms. The van der Waals surface area contributed by atoms with E-state index in [0.29, 0.717) is 0 Å². The molecule has 0 aliphatic rings. The number of nitrogen functional groups attached to an aromatic ring is 2. The fourth-order valence-electron chi connectivity index (χ4n) is 0.614. The van der Waals surface area contributed by atoms with Gasteiger partial charge in [0.2, 0.25) is 0 Å². The van der Waals surface area contributed by atoms with E-state index < -0.39 is 0 Å². The van der Waals surface area contributed by atoms with Crippen molar-refractivity contribution < 1.29 is 10.2 Å². The second-order valence-electron chi connectivity index (χ2n) is 1.94. The average Bonchev–Trinajstić information content (AvgIpc) is 1.93. The van der Waals surface area contributed by atoms with Gasteiger partial charge < -0.3 is 21.7 Å². The molecular formula is C6H8N2O2. The third kappa shape index (κ3) is 0.793. The Morgan fingerprint density at radius 3 is 2.20 bits per heavy atom. The lowest BCUT2D eigenvalue weighted by molar-refractivity contribution is 0.457. The Hall–Kier alpha value is -1.58. The number of hydrogen-bond donors (Lipinski definition) is 4. The third-order valence-electron chi connectivity index (χ3n) is 1.23. The number of anilines is 2. The SMILES string of the molecule is Nc1ccc(O)c(N)c1O. The van der Waals surface area contributed by atoms with Crippen molar-refractivity contribution in [2.45, 2.75) is 0 Å². The number of nitrogens with two attached hydrogens (primary N) is 2. The maximum atomic E-state index is 8.98. The maximum absolute atomic E-state index is 8.98. The standard InChI is InChI=1S/C6H8N2O2/c7-3-1-2-4(9)5(8)6(3)10/h1-2,9-10H,7-8H2. The van der Waals surface area contributed by atoms with Gasteiger partial charge in [0.15, 0.2) is 5.75 Å². The summed E-state index contributed by atoms with van der Waals surface area (Å²) in [6, 6.07) is 2.70. The minimum Gasteiger partial charge on any atom is -0.506 e. The van der Waals surface area contributed by atoms with Crippen LogP contribution in [0.2, 0.25) is 0 Å². The molecular weight excluding hydrogens is 132 g/mol.